The molecule has 0 atom stereocenters. The van der Waals surface area contributed by atoms with E-state index >= 15 is 0 Å². The van der Waals surface area contributed by atoms with E-state index in [4.69, 9.17) is 0 Å². The molecule has 0 aliphatic carbocycles. The molecule has 0 saturated carbocycles. The zero-order chi connectivity index (χ0) is 12.8. The van der Waals surface area contributed by atoms with Crippen LogP contribution in [0.5, 0.6) is 0 Å². The van der Waals surface area contributed by atoms with Crippen molar-refractivity contribution in [1.82, 2.24) is 5.32 Å². The van der Waals surface area contributed by atoms with Gasteiger partial charge >= 0.3 is 0 Å². The fourth-order valence-corrected chi connectivity index (χ4v) is 2.12. The lowest BCUT2D eigenvalue weighted by Gasteiger charge is -2.23. The standard InChI is InChI=1S/C16H20N2/c1-3-18(15-7-5-4-6-8-15)16-11-9-14(10-12-16)13-17-2/h4-12,17H,3,13H2,1-2H3. The van der Waals surface area contributed by atoms with Crippen LogP contribution >= 0.6 is 0 Å². The molecular weight excluding hydrogens is 220 g/mol. The Morgan fingerprint density at radius 1 is 0.889 bits per heavy atom. The number of hydrogen-bond donors (Lipinski definition) is 1. The van der Waals surface area contributed by atoms with Gasteiger partial charge in [-0.25, -0.2) is 0 Å². The first-order chi connectivity index (χ1) is 8.85. The molecule has 0 aliphatic rings. The Labute approximate surface area is 109 Å². The zero-order valence-electron chi connectivity index (χ0n) is 11.1. The maximum atomic E-state index is 3.16. The van der Waals surface area contributed by atoms with Gasteiger partial charge in [0.25, 0.3) is 0 Å². The first kappa shape index (κ1) is 12.7. The van der Waals surface area contributed by atoms with Crippen LogP contribution in [0.3, 0.4) is 0 Å². The third kappa shape index (κ3) is 2.90. The van der Waals surface area contributed by atoms with Crippen LogP contribution in [0.2, 0.25) is 0 Å². The van der Waals surface area contributed by atoms with Crippen LogP contribution in [0.15, 0.2) is 54.6 Å². The Morgan fingerprint density at radius 3 is 2.06 bits per heavy atom. The molecule has 1 N–H and O–H groups in total. The first-order valence-corrected chi connectivity index (χ1v) is 6.41. The highest BCUT2D eigenvalue weighted by Crippen LogP contribution is 2.24. The summed E-state index contributed by atoms with van der Waals surface area (Å²) >= 11 is 0. The number of hydrogen-bond acceptors (Lipinski definition) is 2. The monoisotopic (exact) mass is 240 g/mol. The molecule has 0 heterocycles. The van der Waals surface area contributed by atoms with Crippen molar-refractivity contribution in [1.29, 1.82) is 0 Å². The molecule has 0 bridgehead atoms. The average molecular weight is 240 g/mol. The maximum Gasteiger partial charge on any atom is 0.0410 e. The van der Waals surface area contributed by atoms with Crippen LogP contribution in [0.4, 0.5) is 11.4 Å². The van der Waals surface area contributed by atoms with Gasteiger partial charge in [-0.1, -0.05) is 30.3 Å². The second-order valence-corrected chi connectivity index (χ2v) is 4.28. The van der Waals surface area contributed by atoms with Crippen molar-refractivity contribution in [3.05, 3.63) is 60.2 Å². The van der Waals surface area contributed by atoms with Crippen LogP contribution in [-0.2, 0) is 6.54 Å². The summed E-state index contributed by atoms with van der Waals surface area (Å²) in [6.45, 7) is 4.06. The van der Waals surface area contributed by atoms with Gasteiger partial charge in [-0.15, -0.1) is 0 Å². The summed E-state index contributed by atoms with van der Waals surface area (Å²) in [7, 11) is 1.97. The lowest BCUT2D eigenvalue weighted by Crippen LogP contribution is -2.15. The summed E-state index contributed by atoms with van der Waals surface area (Å²) in [4.78, 5) is 2.31. The molecule has 94 valence electrons. The lowest BCUT2D eigenvalue weighted by molar-refractivity contribution is 0.817. The summed E-state index contributed by atoms with van der Waals surface area (Å²) in [5.41, 5.74) is 3.79. The van der Waals surface area contributed by atoms with Crippen molar-refractivity contribution in [3.8, 4) is 0 Å². The van der Waals surface area contributed by atoms with E-state index in [0.717, 1.165) is 13.1 Å². The first-order valence-electron chi connectivity index (χ1n) is 6.41. The normalized spacial score (nSPS) is 10.3. The minimum Gasteiger partial charge on any atom is -0.342 e. The number of anilines is 2. The molecule has 2 nitrogen and oxygen atoms in total. The van der Waals surface area contributed by atoms with E-state index in [1.165, 1.54) is 16.9 Å². The van der Waals surface area contributed by atoms with E-state index < -0.39 is 0 Å². The van der Waals surface area contributed by atoms with E-state index in [2.05, 4.69) is 65.7 Å². The molecule has 0 saturated heterocycles. The molecule has 2 heteroatoms. The highest BCUT2D eigenvalue weighted by Gasteiger charge is 2.05. The predicted octanol–water partition coefficient (Wildman–Crippen LogP) is 3.56. The van der Waals surface area contributed by atoms with Crippen LogP contribution in [-0.4, -0.2) is 13.6 Å². The van der Waals surface area contributed by atoms with Gasteiger partial charge in [0.2, 0.25) is 0 Å². The SMILES string of the molecule is CCN(c1ccccc1)c1ccc(CNC)cc1. The minimum atomic E-state index is 0.914. The van der Waals surface area contributed by atoms with Gasteiger partial charge in [0.15, 0.2) is 0 Å². The van der Waals surface area contributed by atoms with E-state index in [0.29, 0.717) is 0 Å². The summed E-state index contributed by atoms with van der Waals surface area (Å²) < 4.78 is 0. The van der Waals surface area contributed by atoms with Crippen molar-refractivity contribution in [2.75, 3.05) is 18.5 Å². The number of benzene rings is 2. The van der Waals surface area contributed by atoms with Gasteiger partial charge in [0.05, 0.1) is 0 Å². The van der Waals surface area contributed by atoms with Crippen LogP contribution in [0, 0.1) is 0 Å². The van der Waals surface area contributed by atoms with Crippen molar-refractivity contribution < 1.29 is 0 Å². The van der Waals surface area contributed by atoms with Crippen molar-refractivity contribution in [2.24, 2.45) is 0 Å². The lowest BCUT2D eigenvalue weighted by atomic mass is 10.1. The highest BCUT2D eigenvalue weighted by atomic mass is 15.1. The molecule has 0 fully saturated rings. The average Bonchev–Trinajstić information content (AvgIpc) is 2.43. The Hall–Kier alpha value is -1.80. The summed E-state index contributed by atoms with van der Waals surface area (Å²) in [6, 6.07) is 19.2. The molecule has 18 heavy (non-hydrogen) atoms. The maximum absolute atomic E-state index is 3.16. The molecule has 0 aromatic heterocycles. The molecule has 0 aliphatic heterocycles. The van der Waals surface area contributed by atoms with Gasteiger partial charge in [-0.2, -0.15) is 0 Å². The highest BCUT2D eigenvalue weighted by molar-refractivity contribution is 5.63. The summed E-state index contributed by atoms with van der Waals surface area (Å²) in [5, 5.41) is 3.16. The summed E-state index contributed by atoms with van der Waals surface area (Å²) in [5.74, 6) is 0. The molecule has 0 radical (unpaired) electrons. The quantitative estimate of drug-likeness (QED) is 0.859. The molecule has 2 aromatic rings. The van der Waals surface area contributed by atoms with Gasteiger partial charge in [0, 0.05) is 24.5 Å². The molecule has 2 aromatic carbocycles. The van der Waals surface area contributed by atoms with Gasteiger partial charge in [-0.3, -0.25) is 0 Å². The van der Waals surface area contributed by atoms with E-state index in [-0.39, 0.29) is 0 Å². The van der Waals surface area contributed by atoms with Gasteiger partial charge in [0.1, 0.15) is 0 Å². The Bertz CT molecular complexity index is 462. The largest absolute Gasteiger partial charge is 0.342 e. The second-order valence-electron chi connectivity index (χ2n) is 4.28. The number of nitrogens with one attached hydrogen (secondary N) is 1. The fourth-order valence-electron chi connectivity index (χ4n) is 2.12. The molecule has 0 unspecified atom stereocenters. The van der Waals surface area contributed by atoms with Crippen LogP contribution in [0.25, 0.3) is 0 Å². The van der Waals surface area contributed by atoms with Crippen molar-refractivity contribution in [2.45, 2.75) is 13.5 Å². The van der Waals surface area contributed by atoms with E-state index in [1.807, 2.05) is 13.1 Å². The molecular formula is C16H20N2. The van der Waals surface area contributed by atoms with E-state index in [9.17, 15) is 0 Å². The van der Waals surface area contributed by atoms with E-state index in [1.54, 1.807) is 0 Å². The van der Waals surface area contributed by atoms with Crippen LogP contribution in [0.1, 0.15) is 12.5 Å². The number of rotatable bonds is 5. The number of nitrogens with zero attached hydrogens (tertiary/aromatic N) is 1. The Balaban J connectivity index is 2.23. The molecule has 0 amide bonds. The Kier molecular flexibility index (Phi) is 4.37. The molecule has 0 spiro atoms. The Morgan fingerprint density at radius 2 is 1.50 bits per heavy atom. The predicted molar refractivity (Wildman–Crippen MR) is 78.3 cm³/mol. The zero-order valence-corrected chi connectivity index (χ0v) is 11.1. The minimum absolute atomic E-state index is 0.914. The number of para-hydroxylation sites is 1. The summed E-state index contributed by atoms with van der Waals surface area (Å²) in [6.07, 6.45) is 0. The smallest absolute Gasteiger partial charge is 0.0410 e. The van der Waals surface area contributed by atoms with Gasteiger partial charge in [-0.05, 0) is 43.8 Å². The fraction of sp³-hybridized carbons (Fsp3) is 0.250. The second kappa shape index (κ2) is 6.22. The van der Waals surface area contributed by atoms with Crippen molar-refractivity contribution >= 4 is 11.4 Å². The molecule has 2 rings (SSSR count). The topological polar surface area (TPSA) is 15.3 Å². The van der Waals surface area contributed by atoms with Crippen LogP contribution < -0.4 is 10.2 Å². The third-order valence-electron chi connectivity index (χ3n) is 3.01. The van der Waals surface area contributed by atoms with Gasteiger partial charge < -0.3 is 10.2 Å². The van der Waals surface area contributed by atoms with Crippen molar-refractivity contribution in [3.63, 3.8) is 0 Å². The third-order valence-corrected chi connectivity index (χ3v) is 3.01.